The van der Waals surface area contributed by atoms with Crippen molar-refractivity contribution in [2.45, 2.75) is 31.6 Å². The van der Waals surface area contributed by atoms with E-state index in [0.29, 0.717) is 13.2 Å². The summed E-state index contributed by atoms with van der Waals surface area (Å²) >= 11 is 0. The number of hydrogen-bond donors (Lipinski definition) is 4. The van der Waals surface area contributed by atoms with Gasteiger partial charge in [0.1, 0.15) is 0 Å². The average Bonchev–Trinajstić information content (AvgIpc) is 2.26. The molecule has 7 nitrogen and oxygen atoms in total. The van der Waals surface area contributed by atoms with Gasteiger partial charge >= 0.3 is 5.97 Å². The second-order valence-electron chi connectivity index (χ2n) is 4.03. The SMILES string of the molecule is C[C@@H](O)[C@H](NC(=O)CC1CNCCO1)C(=O)O. The first-order valence-electron chi connectivity index (χ1n) is 5.53. The Labute approximate surface area is 99.1 Å². The van der Waals surface area contributed by atoms with Crippen LogP contribution in [-0.4, -0.2) is 60.0 Å². The molecule has 1 saturated heterocycles. The zero-order valence-electron chi connectivity index (χ0n) is 9.68. The van der Waals surface area contributed by atoms with E-state index in [1.165, 1.54) is 6.92 Å². The molecule has 98 valence electrons. The molecule has 1 rings (SSSR count). The molecule has 0 saturated carbocycles. The molecule has 0 aromatic heterocycles. The molecule has 1 unspecified atom stereocenters. The summed E-state index contributed by atoms with van der Waals surface area (Å²) in [5.74, 6) is -1.69. The highest BCUT2D eigenvalue weighted by molar-refractivity contribution is 5.84. The van der Waals surface area contributed by atoms with Gasteiger partial charge in [-0.1, -0.05) is 0 Å². The smallest absolute Gasteiger partial charge is 0.328 e. The Morgan fingerprint density at radius 2 is 2.29 bits per heavy atom. The molecule has 0 spiro atoms. The van der Waals surface area contributed by atoms with Crippen LogP contribution in [0.3, 0.4) is 0 Å². The van der Waals surface area contributed by atoms with E-state index in [4.69, 9.17) is 9.84 Å². The van der Waals surface area contributed by atoms with Gasteiger partial charge in [-0.05, 0) is 6.92 Å². The predicted octanol–water partition coefficient (Wildman–Crippen LogP) is -1.68. The summed E-state index contributed by atoms with van der Waals surface area (Å²) in [7, 11) is 0. The Balaban J connectivity index is 2.38. The normalized spacial score (nSPS) is 23.8. The number of carbonyl (C=O) groups excluding carboxylic acids is 1. The summed E-state index contributed by atoms with van der Waals surface area (Å²) < 4.78 is 5.32. The Bertz CT molecular complexity index is 276. The summed E-state index contributed by atoms with van der Waals surface area (Å²) in [6, 6.07) is -1.28. The first-order valence-corrected chi connectivity index (χ1v) is 5.53. The third-order valence-corrected chi connectivity index (χ3v) is 2.48. The number of hydrogen-bond acceptors (Lipinski definition) is 5. The van der Waals surface area contributed by atoms with E-state index in [0.717, 1.165) is 6.54 Å². The van der Waals surface area contributed by atoms with E-state index < -0.39 is 24.0 Å². The number of carbonyl (C=O) groups is 2. The van der Waals surface area contributed by atoms with Crippen LogP contribution in [0.1, 0.15) is 13.3 Å². The number of aliphatic hydroxyl groups is 1. The average molecular weight is 246 g/mol. The zero-order chi connectivity index (χ0) is 12.8. The number of ether oxygens (including phenoxy) is 1. The van der Waals surface area contributed by atoms with E-state index >= 15 is 0 Å². The van der Waals surface area contributed by atoms with Gasteiger partial charge in [0, 0.05) is 13.1 Å². The van der Waals surface area contributed by atoms with Gasteiger partial charge in [0.15, 0.2) is 6.04 Å². The maximum atomic E-state index is 11.5. The molecule has 1 aliphatic heterocycles. The van der Waals surface area contributed by atoms with Crippen molar-refractivity contribution in [2.75, 3.05) is 19.7 Å². The maximum absolute atomic E-state index is 11.5. The number of aliphatic carboxylic acids is 1. The number of aliphatic hydroxyl groups excluding tert-OH is 1. The Morgan fingerprint density at radius 1 is 1.59 bits per heavy atom. The van der Waals surface area contributed by atoms with Crippen LogP contribution < -0.4 is 10.6 Å². The van der Waals surface area contributed by atoms with Gasteiger partial charge in [0.25, 0.3) is 0 Å². The van der Waals surface area contributed by atoms with Gasteiger partial charge in [-0.3, -0.25) is 4.79 Å². The fourth-order valence-corrected chi connectivity index (χ4v) is 1.58. The summed E-state index contributed by atoms with van der Waals surface area (Å²) in [6.45, 7) is 3.18. The number of nitrogens with one attached hydrogen (secondary N) is 2. The van der Waals surface area contributed by atoms with Crippen LogP contribution >= 0.6 is 0 Å². The summed E-state index contributed by atoms with van der Waals surface area (Å²) in [4.78, 5) is 22.3. The second kappa shape index (κ2) is 6.53. The molecule has 1 amide bonds. The van der Waals surface area contributed by atoms with Gasteiger partial charge < -0.3 is 25.6 Å². The van der Waals surface area contributed by atoms with E-state index in [2.05, 4.69) is 10.6 Å². The van der Waals surface area contributed by atoms with Crippen LogP contribution in [-0.2, 0) is 14.3 Å². The number of amides is 1. The minimum atomic E-state index is -1.28. The number of morpholine rings is 1. The van der Waals surface area contributed by atoms with Crippen molar-refractivity contribution >= 4 is 11.9 Å². The topological polar surface area (TPSA) is 108 Å². The first-order chi connectivity index (χ1) is 8.00. The molecule has 1 fully saturated rings. The van der Waals surface area contributed by atoms with E-state index in [9.17, 15) is 14.7 Å². The monoisotopic (exact) mass is 246 g/mol. The van der Waals surface area contributed by atoms with Crippen LogP contribution in [0, 0.1) is 0 Å². The summed E-state index contributed by atoms with van der Waals surface area (Å²) in [5, 5.41) is 23.3. The molecule has 4 N–H and O–H groups in total. The van der Waals surface area contributed by atoms with Crippen molar-refractivity contribution in [1.29, 1.82) is 0 Å². The Hall–Kier alpha value is -1.18. The molecule has 17 heavy (non-hydrogen) atoms. The molecule has 0 aliphatic carbocycles. The lowest BCUT2D eigenvalue weighted by Crippen LogP contribution is -2.49. The van der Waals surface area contributed by atoms with Crippen LogP contribution in [0.25, 0.3) is 0 Å². The molecule has 7 heteroatoms. The second-order valence-corrected chi connectivity index (χ2v) is 4.03. The number of rotatable bonds is 5. The van der Waals surface area contributed by atoms with Gasteiger partial charge in [-0.15, -0.1) is 0 Å². The lowest BCUT2D eigenvalue weighted by atomic mass is 10.1. The largest absolute Gasteiger partial charge is 0.480 e. The first kappa shape index (κ1) is 13.9. The Kier molecular flexibility index (Phi) is 5.33. The minimum absolute atomic E-state index is 0.0868. The van der Waals surface area contributed by atoms with Crippen molar-refractivity contribution < 1.29 is 24.5 Å². The summed E-state index contributed by atoms with van der Waals surface area (Å²) in [6.07, 6.45) is -1.29. The van der Waals surface area contributed by atoms with E-state index in [-0.39, 0.29) is 12.5 Å². The number of carboxylic acids is 1. The molecule has 0 radical (unpaired) electrons. The highest BCUT2D eigenvalue weighted by atomic mass is 16.5. The standard InChI is InChI=1S/C10H18N2O5/c1-6(13)9(10(15)16)12-8(14)4-7-5-11-2-3-17-7/h6-7,9,11,13H,2-5H2,1H3,(H,12,14)(H,15,16)/t6-,7?,9+/m1/s1. The van der Waals surface area contributed by atoms with Crippen molar-refractivity contribution in [2.24, 2.45) is 0 Å². The molecular weight excluding hydrogens is 228 g/mol. The highest BCUT2D eigenvalue weighted by Crippen LogP contribution is 2.02. The molecule has 0 aromatic rings. The van der Waals surface area contributed by atoms with Crippen molar-refractivity contribution in [3.63, 3.8) is 0 Å². The quantitative estimate of drug-likeness (QED) is 0.461. The van der Waals surface area contributed by atoms with Gasteiger partial charge in [-0.2, -0.15) is 0 Å². The molecule has 1 heterocycles. The predicted molar refractivity (Wildman–Crippen MR) is 58.5 cm³/mol. The van der Waals surface area contributed by atoms with Crippen LogP contribution in [0.2, 0.25) is 0 Å². The van der Waals surface area contributed by atoms with E-state index in [1.54, 1.807) is 0 Å². The zero-order valence-corrected chi connectivity index (χ0v) is 9.68. The van der Waals surface area contributed by atoms with Gasteiger partial charge in [0.05, 0.1) is 25.2 Å². The van der Waals surface area contributed by atoms with Crippen LogP contribution in [0.4, 0.5) is 0 Å². The third-order valence-electron chi connectivity index (χ3n) is 2.48. The molecular formula is C10H18N2O5. The lowest BCUT2D eigenvalue weighted by molar-refractivity contribution is -0.145. The molecule has 0 aromatic carbocycles. The van der Waals surface area contributed by atoms with Crippen LogP contribution in [0.5, 0.6) is 0 Å². The van der Waals surface area contributed by atoms with Gasteiger partial charge in [-0.25, -0.2) is 4.79 Å². The highest BCUT2D eigenvalue weighted by Gasteiger charge is 2.26. The van der Waals surface area contributed by atoms with Crippen LogP contribution in [0.15, 0.2) is 0 Å². The summed E-state index contributed by atoms with van der Waals surface area (Å²) in [5.41, 5.74) is 0. The van der Waals surface area contributed by atoms with Crippen molar-refractivity contribution in [3.8, 4) is 0 Å². The molecule has 1 aliphatic rings. The maximum Gasteiger partial charge on any atom is 0.328 e. The Morgan fingerprint density at radius 3 is 2.76 bits per heavy atom. The van der Waals surface area contributed by atoms with Crippen molar-refractivity contribution in [3.05, 3.63) is 0 Å². The van der Waals surface area contributed by atoms with Crippen molar-refractivity contribution in [1.82, 2.24) is 10.6 Å². The molecule has 3 atom stereocenters. The minimum Gasteiger partial charge on any atom is -0.480 e. The fraction of sp³-hybridized carbons (Fsp3) is 0.800. The third kappa shape index (κ3) is 4.68. The fourth-order valence-electron chi connectivity index (χ4n) is 1.58. The number of carboxylic acid groups (broad SMARTS) is 1. The lowest BCUT2D eigenvalue weighted by Gasteiger charge is -2.24. The van der Waals surface area contributed by atoms with E-state index in [1.807, 2.05) is 0 Å². The van der Waals surface area contributed by atoms with Gasteiger partial charge in [0.2, 0.25) is 5.91 Å². The molecule has 0 bridgehead atoms.